The summed E-state index contributed by atoms with van der Waals surface area (Å²) in [6.07, 6.45) is 7.29. The van der Waals surface area contributed by atoms with Gasteiger partial charge in [0, 0.05) is 12.1 Å². The molecular weight excluding hydrogens is 225 g/mol. The number of rotatable bonds is 3. The second kappa shape index (κ2) is 4.65. The molecule has 2 fully saturated rings. The Morgan fingerprint density at radius 1 is 1.00 bits per heavy atom. The lowest BCUT2D eigenvalue weighted by molar-refractivity contribution is 0.286. The molecule has 1 nitrogen and oxygen atoms in total. The molecule has 0 aliphatic heterocycles. The molecule has 0 unspecified atom stereocenters. The molecule has 0 atom stereocenters. The maximum atomic E-state index is 13.0. The Bertz CT molecular complexity index is 400. The molecule has 0 heterocycles. The fourth-order valence-corrected chi connectivity index (χ4v) is 3.01. The first-order chi connectivity index (χ1) is 8.66. The molecule has 0 spiro atoms. The van der Waals surface area contributed by atoms with Crippen LogP contribution in [0.5, 0.6) is 0 Å². The standard InChI is InChI=1S/C16H21FN/c1-16(12-2-4-13(17)5-3-12)10-8-15(9-11-16)18-14-6-7-14/h2-5,14-15,18H,1,6-11H2. The van der Waals surface area contributed by atoms with Crippen LogP contribution < -0.4 is 5.32 Å². The summed E-state index contributed by atoms with van der Waals surface area (Å²) in [5.74, 6) is -0.161. The minimum atomic E-state index is -0.161. The van der Waals surface area contributed by atoms with Gasteiger partial charge in [0.1, 0.15) is 5.82 Å². The van der Waals surface area contributed by atoms with Gasteiger partial charge in [-0.15, -0.1) is 0 Å². The molecule has 2 heteroatoms. The second-order valence-electron chi connectivity index (χ2n) is 6.00. The third kappa shape index (κ3) is 2.59. The quantitative estimate of drug-likeness (QED) is 0.859. The van der Waals surface area contributed by atoms with E-state index in [1.165, 1.54) is 31.2 Å². The average Bonchev–Trinajstić information content (AvgIpc) is 3.17. The highest BCUT2D eigenvalue weighted by Gasteiger charge is 2.34. The Morgan fingerprint density at radius 2 is 1.56 bits per heavy atom. The average molecular weight is 246 g/mol. The summed E-state index contributed by atoms with van der Waals surface area (Å²) in [4.78, 5) is 0. The Balaban J connectivity index is 1.63. The largest absolute Gasteiger partial charge is 0.311 e. The first-order valence-electron chi connectivity index (χ1n) is 7.03. The zero-order valence-corrected chi connectivity index (χ0v) is 10.8. The van der Waals surface area contributed by atoms with E-state index in [1.807, 2.05) is 12.1 Å². The number of hydrogen-bond acceptors (Lipinski definition) is 1. The number of hydrogen-bond donors (Lipinski definition) is 1. The molecule has 1 N–H and O–H groups in total. The monoisotopic (exact) mass is 246 g/mol. The highest BCUT2D eigenvalue weighted by molar-refractivity contribution is 5.28. The van der Waals surface area contributed by atoms with Crippen molar-refractivity contribution in [2.24, 2.45) is 0 Å². The first-order valence-corrected chi connectivity index (χ1v) is 7.03. The summed E-state index contributed by atoms with van der Waals surface area (Å²) in [7, 11) is 0. The SMILES string of the molecule is [CH2]C1(c2ccc(F)cc2)CCC(NC2CC2)CC1. The Morgan fingerprint density at radius 3 is 2.11 bits per heavy atom. The van der Waals surface area contributed by atoms with Crippen LogP contribution in [-0.2, 0) is 5.41 Å². The predicted octanol–water partition coefficient (Wildman–Crippen LogP) is 3.59. The van der Waals surface area contributed by atoms with Crippen LogP contribution in [-0.4, -0.2) is 12.1 Å². The molecule has 0 amide bonds. The Labute approximate surface area is 109 Å². The van der Waals surface area contributed by atoms with Gasteiger partial charge >= 0.3 is 0 Å². The second-order valence-corrected chi connectivity index (χ2v) is 6.00. The zero-order chi connectivity index (χ0) is 12.6. The molecule has 97 valence electrons. The van der Waals surface area contributed by atoms with Gasteiger partial charge in [0.2, 0.25) is 0 Å². The lowest BCUT2D eigenvalue weighted by atomic mass is 9.69. The van der Waals surface area contributed by atoms with Crippen LogP contribution in [0.25, 0.3) is 0 Å². The van der Waals surface area contributed by atoms with Gasteiger partial charge in [-0.3, -0.25) is 0 Å². The third-order valence-electron chi connectivity index (χ3n) is 4.45. The molecular formula is C16H21FN. The number of nitrogens with one attached hydrogen (secondary N) is 1. The smallest absolute Gasteiger partial charge is 0.123 e. The first kappa shape index (κ1) is 12.2. The van der Waals surface area contributed by atoms with Gasteiger partial charge in [-0.1, -0.05) is 12.1 Å². The summed E-state index contributed by atoms with van der Waals surface area (Å²) in [5.41, 5.74) is 1.18. The maximum Gasteiger partial charge on any atom is 0.123 e. The van der Waals surface area contributed by atoms with Crippen molar-refractivity contribution in [1.29, 1.82) is 0 Å². The summed E-state index contributed by atoms with van der Waals surface area (Å²) in [5, 5.41) is 3.70. The fourth-order valence-electron chi connectivity index (χ4n) is 3.01. The molecule has 18 heavy (non-hydrogen) atoms. The van der Waals surface area contributed by atoms with Crippen LogP contribution in [0.3, 0.4) is 0 Å². The van der Waals surface area contributed by atoms with Crippen molar-refractivity contribution in [3.05, 3.63) is 42.6 Å². The Kier molecular flexibility index (Phi) is 3.14. The van der Waals surface area contributed by atoms with Crippen LogP contribution in [0.15, 0.2) is 24.3 Å². The minimum Gasteiger partial charge on any atom is -0.311 e. The topological polar surface area (TPSA) is 12.0 Å². The van der Waals surface area contributed by atoms with Gasteiger partial charge in [0.05, 0.1) is 0 Å². The van der Waals surface area contributed by atoms with E-state index in [2.05, 4.69) is 12.2 Å². The van der Waals surface area contributed by atoms with Gasteiger partial charge in [-0.25, -0.2) is 4.39 Å². The van der Waals surface area contributed by atoms with E-state index in [-0.39, 0.29) is 11.2 Å². The minimum absolute atomic E-state index is 0.00453. The lowest BCUT2D eigenvalue weighted by Gasteiger charge is -2.38. The summed E-state index contributed by atoms with van der Waals surface area (Å²) in [6.45, 7) is 4.41. The molecule has 1 aromatic rings. The fraction of sp³-hybridized carbons (Fsp3) is 0.562. The third-order valence-corrected chi connectivity index (χ3v) is 4.45. The van der Waals surface area contributed by atoms with Gasteiger partial charge in [0.25, 0.3) is 0 Å². The van der Waals surface area contributed by atoms with E-state index in [0.29, 0.717) is 6.04 Å². The Hall–Kier alpha value is -0.890. The lowest BCUT2D eigenvalue weighted by Crippen LogP contribution is -2.39. The molecule has 2 aliphatic carbocycles. The maximum absolute atomic E-state index is 13.0. The van der Waals surface area contributed by atoms with E-state index < -0.39 is 0 Å². The van der Waals surface area contributed by atoms with Crippen molar-refractivity contribution >= 4 is 0 Å². The van der Waals surface area contributed by atoms with Crippen molar-refractivity contribution < 1.29 is 4.39 Å². The van der Waals surface area contributed by atoms with E-state index in [4.69, 9.17) is 0 Å². The molecule has 1 radical (unpaired) electrons. The summed E-state index contributed by atoms with van der Waals surface area (Å²) >= 11 is 0. The summed E-state index contributed by atoms with van der Waals surface area (Å²) in [6, 6.07) is 8.37. The summed E-state index contributed by atoms with van der Waals surface area (Å²) < 4.78 is 13.0. The normalized spacial score (nSPS) is 32.4. The van der Waals surface area contributed by atoms with Gasteiger partial charge in [-0.2, -0.15) is 0 Å². The van der Waals surface area contributed by atoms with E-state index in [0.717, 1.165) is 18.9 Å². The van der Waals surface area contributed by atoms with Crippen molar-refractivity contribution in [2.45, 2.75) is 56.0 Å². The van der Waals surface area contributed by atoms with E-state index in [9.17, 15) is 4.39 Å². The van der Waals surface area contributed by atoms with Crippen molar-refractivity contribution in [1.82, 2.24) is 5.32 Å². The highest BCUT2D eigenvalue weighted by Crippen LogP contribution is 2.39. The van der Waals surface area contributed by atoms with Crippen LogP contribution in [0, 0.1) is 12.7 Å². The zero-order valence-electron chi connectivity index (χ0n) is 10.8. The van der Waals surface area contributed by atoms with Crippen molar-refractivity contribution in [2.75, 3.05) is 0 Å². The highest BCUT2D eigenvalue weighted by atomic mass is 19.1. The van der Waals surface area contributed by atoms with E-state index in [1.54, 1.807) is 12.1 Å². The van der Waals surface area contributed by atoms with Gasteiger partial charge < -0.3 is 5.32 Å². The van der Waals surface area contributed by atoms with E-state index >= 15 is 0 Å². The molecule has 0 saturated heterocycles. The van der Waals surface area contributed by atoms with Crippen LogP contribution >= 0.6 is 0 Å². The molecule has 0 bridgehead atoms. The van der Waals surface area contributed by atoms with Gasteiger partial charge in [-0.05, 0) is 68.6 Å². The van der Waals surface area contributed by atoms with Crippen LogP contribution in [0.1, 0.15) is 44.1 Å². The van der Waals surface area contributed by atoms with Crippen molar-refractivity contribution in [3.63, 3.8) is 0 Å². The predicted molar refractivity (Wildman–Crippen MR) is 71.8 cm³/mol. The molecule has 0 aromatic heterocycles. The van der Waals surface area contributed by atoms with Crippen LogP contribution in [0.2, 0.25) is 0 Å². The van der Waals surface area contributed by atoms with Crippen LogP contribution in [0.4, 0.5) is 4.39 Å². The van der Waals surface area contributed by atoms with Gasteiger partial charge in [0.15, 0.2) is 0 Å². The molecule has 1 aromatic carbocycles. The number of halogens is 1. The molecule has 3 rings (SSSR count). The molecule has 2 saturated carbocycles. The molecule has 2 aliphatic rings. The number of benzene rings is 1. The van der Waals surface area contributed by atoms with Crippen molar-refractivity contribution in [3.8, 4) is 0 Å².